The number of rotatable bonds is 7. The van der Waals surface area contributed by atoms with Gasteiger partial charge in [0.15, 0.2) is 0 Å². The highest BCUT2D eigenvalue weighted by Gasteiger charge is 2.34. The molecule has 0 atom stereocenters. The van der Waals surface area contributed by atoms with Crippen molar-refractivity contribution in [1.82, 2.24) is 9.78 Å². The van der Waals surface area contributed by atoms with Crippen molar-refractivity contribution in [3.05, 3.63) is 83.6 Å². The molecule has 9 heteroatoms. The topological polar surface area (TPSA) is 29.9 Å². The number of allylic oxidation sites excluding steroid dienone is 1. The van der Waals surface area contributed by atoms with Gasteiger partial charge in [0, 0.05) is 49.0 Å². The number of anilines is 1. The Balaban J connectivity index is 1.83. The van der Waals surface area contributed by atoms with Crippen LogP contribution in [0.2, 0.25) is 0 Å². The molecule has 158 valence electrons. The standard InChI is InChI=1S/C21H17F6N3/c1-3-6-21(26,27)20-10-19(30(2)29-20)14-5-4-13(9-18(14)25)28-11-15-16(23)7-12(22)8-17(15)24/h3-5,7-10,28H,1,6,11H2,2H3. The summed E-state index contributed by atoms with van der Waals surface area (Å²) >= 11 is 0. The van der Waals surface area contributed by atoms with Crippen LogP contribution in [-0.4, -0.2) is 9.78 Å². The van der Waals surface area contributed by atoms with Crippen molar-refractivity contribution in [2.24, 2.45) is 7.05 Å². The van der Waals surface area contributed by atoms with Gasteiger partial charge in [-0.25, -0.2) is 17.6 Å². The van der Waals surface area contributed by atoms with E-state index < -0.39 is 46.9 Å². The predicted octanol–water partition coefficient (Wildman–Crippen LogP) is 5.92. The largest absolute Gasteiger partial charge is 0.381 e. The lowest BCUT2D eigenvalue weighted by molar-refractivity contribution is -0.00591. The summed E-state index contributed by atoms with van der Waals surface area (Å²) in [6, 6.07) is 6.01. The molecule has 30 heavy (non-hydrogen) atoms. The van der Waals surface area contributed by atoms with Gasteiger partial charge >= 0.3 is 0 Å². The molecule has 1 heterocycles. The van der Waals surface area contributed by atoms with Crippen molar-refractivity contribution in [2.75, 3.05) is 5.32 Å². The van der Waals surface area contributed by atoms with E-state index in [1.165, 1.54) is 19.2 Å². The summed E-state index contributed by atoms with van der Waals surface area (Å²) in [5.41, 5.74) is -0.562. The minimum atomic E-state index is -3.24. The van der Waals surface area contributed by atoms with Gasteiger partial charge in [-0.15, -0.1) is 6.58 Å². The smallest absolute Gasteiger partial charge is 0.294 e. The van der Waals surface area contributed by atoms with E-state index in [-0.39, 0.29) is 23.5 Å². The van der Waals surface area contributed by atoms with Crippen LogP contribution in [0.15, 0.2) is 49.1 Å². The van der Waals surface area contributed by atoms with Gasteiger partial charge in [0.2, 0.25) is 0 Å². The number of nitrogens with zero attached hydrogens (tertiary/aromatic N) is 2. The van der Waals surface area contributed by atoms with Crippen LogP contribution in [0.5, 0.6) is 0 Å². The molecular formula is C21H17F6N3. The van der Waals surface area contributed by atoms with E-state index >= 15 is 0 Å². The van der Waals surface area contributed by atoms with E-state index in [2.05, 4.69) is 17.0 Å². The Morgan fingerprint density at radius 2 is 1.70 bits per heavy atom. The Labute approximate surface area is 168 Å². The van der Waals surface area contributed by atoms with Gasteiger partial charge < -0.3 is 5.32 Å². The Morgan fingerprint density at radius 1 is 1.03 bits per heavy atom. The number of halogens is 6. The second-order valence-corrected chi connectivity index (χ2v) is 6.63. The van der Waals surface area contributed by atoms with Crippen LogP contribution in [0, 0.1) is 23.3 Å². The van der Waals surface area contributed by atoms with Crippen LogP contribution in [0.3, 0.4) is 0 Å². The second kappa shape index (κ2) is 8.25. The lowest BCUT2D eigenvalue weighted by Gasteiger charge is -2.11. The molecule has 0 spiro atoms. The maximum Gasteiger partial charge on any atom is 0.294 e. The molecule has 0 bridgehead atoms. The molecule has 0 saturated carbocycles. The molecule has 3 rings (SSSR count). The van der Waals surface area contributed by atoms with E-state index in [1.807, 2.05) is 0 Å². The Kier molecular flexibility index (Phi) is 5.91. The molecule has 0 unspecified atom stereocenters. The van der Waals surface area contributed by atoms with Gasteiger partial charge in [-0.1, -0.05) is 6.08 Å². The molecule has 1 aromatic heterocycles. The van der Waals surface area contributed by atoms with E-state index in [1.54, 1.807) is 0 Å². The van der Waals surface area contributed by atoms with Gasteiger partial charge in [0.05, 0.1) is 5.69 Å². The number of aromatic nitrogens is 2. The number of nitrogens with one attached hydrogen (secondary N) is 1. The molecule has 0 saturated heterocycles. The molecule has 0 fully saturated rings. The number of hydrogen-bond donors (Lipinski definition) is 1. The molecule has 0 aliphatic heterocycles. The molecule has 0 radical (unpaired) electrons. The molecule has 0 aliphatic rings. The van der Waals surface area contributed by atoms with Gasteiger partial charge in [0.25, 0.3) is 5.92 Å². The summed E-state index contributed by atoms with van der Waals surface area (Å²) in [5.74, 6) is -7.17. The maximum atomic E-state index is 14.6. The van der Waals surface area contributed by atoms with E-state index in [4.69, 9.17) is 0 Å². The van der Waals surface area contributed by atoms with Crippen molar-refractivity contribution in [3.8, 4) is 11.3 Å². The van der Waals surface area contributed by atoms with Crippen molar-refractivity contribution < 1.29 is 26.3 Å². The number of aryl methyl sites for hydroxylation is 1. The first-order valence-electron chi connectivity index (χ1n) is 8.83. The molecule has 0 aliphatic carbocycles. The highest BCUT2D eigenvalue weighted by atomic mass is 19.3. The number of hydrogen-bond acceptors (Lipinski definition) is 2. The Morgan fingerprint density at radius 3 is 2.30 bits per heavy atom. The van der Waals surface area contributed by atoms with Crippen LogP contribution in [0.25, 0.3) is 11.3 Å². The lowest BCUT2D eigenvalue weighted by Crippen LogP contribution is -2.13. The monoisotopic (exact) mass is 425 g/mol. The van der Waals surface area contributed by atoms with Crippen LogP contribution < -0.4 is 5.32 Å². The average molecular weight is 425 g/mol. The summed E-state index contributed by atoms with van der Waals surface area (Å²) in [7, 11) is 1.41. The second-order valence-electron chi connectivity index (χ2n) is 6.63. The summed E-state index contributed by atoms with van der Waals surface area (Å²) in [6.07, 6.45) is 0.466. The molecule has 3 nitrogen and oxygen atoms in total. The van der Waals surface area contributed by atoms with Crippen LogP contribution in [0.1, 0.15) is 17.7 Å². The van der Waals surface area contributed by atoms with Crippen LogP contribution >= 0.6 is 0 Å². The van der Waals surface area contributed by atoms with Gasteiger partial charge in [-0.05, 0) is 24.3 Å². The summed E-state index contributed by atoms with van der Waals surface area (Å²) in [4.78, 5) is 0. The lowest BCUT2D eigenvalue weighted by atomic mass is 10.1. The van der Waals surface area contributed by atoms with Crippen LogP contribution in [0.4, 0.5) is 32.0 Å². The quantitative estimate of drug-likeness (QED) is 0.376. The zero-order chi connectivity index (χ0) is 22.1. The SMILES string of the molecule is C=CCC(F)(F)c1cc(-c2ccc(NCc3c(F)cc(F)cc3F)cc2F)n(C)n1. The summed E-state index contributed by atoms with van der Waals surface area (Å²) in [6.45, 7) is 2.94. The van der Waals surface area contributed by atoms with E-state index in [0.29, 0.717) is 12.1 Å². The Bertz CT molecular complexity index is 1070. The number of benzene rings is 2. The molecular weight excluding hydrogens is 408 g/mol. The highest BCUT2D eigenvalue weighted by Crippen LogP contribution is 2.34. The van der Waals surface area contributed by atoms with Crippen LogP contribution in [-0.2, 0) is 19.5 Å². The molecule has 3 aromatic rings. The van der Waals surface area contributed by atoms with Crippen molar-refractivity contribution >= 4 is 5.69 Å². The average Bonchev–Trinajstić information content (AvgIpc) is 3.03. The first-order chi connectivity index (χ1) is 14.1. The zero-order valence-electron chi connectivity index (χ0n) is 15.8. The van der Waals surface area contributed by atoms with Crippen molar-refractivity contribution in [1.29, 1.82) is 0 Å². The highest BCUT2D eigenvalue weighted by molar-refractivity contribution is 5.64. The number of alkyl halides is 2. The van der Waals surface area contributed by atoms with Gasteiger partial charge in [0.1, 0.15) is 29.0 Å². The van der Waals surface area contributed by atoms with Crippen molar-refractivity contribution in [3.63, 3.8) is 0 Å². The third-order valence-electron chi connectivity index (χ3n) is 4.48. The Hall–Kier alpha value is -3.23. The fourth-order valence-electron chi connectivity index (χ4n) is 2.95. The third-order valence-corrected chi connectivity index (χ3v) is 4.48. The minimum absolute atomic E-state index is 0.0235. The van der Waals surface area contributed by atoms with E-state index in [9.17, 15) is 26.3 Å². The first kappa shape index (κ1) is 21.5. The van der Waals surface area contributed by atoms with E-state index in [0.717, 1.165) is 22.9 Å². The molecule has 2 aromatic carbocycles. The fourth-order valence-corrected chi connectivity index (χ4v) is 2.95. The maximum absolute atomic E-state index is 14.6. The fraction of sp³-hybridized carbons (Fsp3) is 0.190. The normalized spacial score (nSPS) is 11.6. The van der Waals surface area contributed by atoms with Gasteiger partial charge in [-0.2, -0.15) is 13.9 Å². The summed E-state index contributed by atoms with van der Waals surface area (Å²) < 4.78 is 84.2. The molecule has 1 N–H and O–H groups in total. The zero-order valence-corrected chi connectivity index (χ0v) is 15.8. The summed E-state index contributed by atoms with van der Waals surface area (Å²) in [5, 5.41) is 6.41. The molecule has 0 amide bonds. The third kappa shape index (κ3) is 4.34. The first-order valence-corrected chi connectivity index (χ1v) is 8.83. The predicted molar refractivity (Wildman–Crippen MR) is 101 cm³/mol. The van der Waals surface area contributed by atoms with Gasteiger partial charge in [-0.3, -0.25) is 4.68 Å². The minimum Gasteiger partial charge on any atom is -0.381 e. The van der Waals surface area contributed by atoms with Crippen molar-refractivity contribution in [2.45, 2.75) is 18.9 Å².